The van der Waals surface area contributed by atoms with E-state index in [4.69, 9.17) is 15.6 Å². The van der Waals surface area contributed by atoms with Crippen molar-refractivity contribution in [2.45, 2.75) is 24.5 Å². The third-order valence-electron chi connectivity index (χ3n) is 3.38. The van der Waals surface area contributed by atoms with Crippen LogP contribution in [0.1, 0.15) is 6.23 Å². The van der Waals surface area contributed by atoms with Gasteiger partial charge in [0.25, 0.3) is 0 Å². The highest BCUT2D eigenvalue weighted by Gasteiger charge is 2.44. The minimum absolute atomic E-state index is 0.0187. The second-order valence-corrected chi connectivity index (χ2v) is 4.57. The average molecular weight is 284 g/mol. The molecular weight excluding hydrogens is 271 g/mol. The monoisotopic (exact) mass is 284 g/mol. The number of fused-ring (bicyclic) bond motifs is 1. The summed E-state index contributed by atoms with van der Waals surface area (Å²) in [4.78, 5) is 7.61. The zero-order valence-electron chi connectivity index (χ0n) is 10.2. The molecule has 2 aromatic heterocycles. The third-order valence-corrected chi connectivity index (χ3v) is 3.38. The normalized spacial score (nSPS) is 30.2. The number of nitrogen functional groups attached to an aromatic ring is 1. The van der Waals surface area contributed by atoms with Crippen LogP contribution in [-0.2, 0) is 4.74 Å². The molecule has 0 saturated carbocycles. The van der Waals surface area contributed by atoms with Crippen LogP contribution in [0, 0.1) is 5.82 Å². The van der Waals surface area contributed by atoms with Crippen molar-refractivity contribution >= 4 is 16.9 Å². The summed E-state index contributed by atoms with van der Waals surface area (Å²) in [6, 6.07) is 0. The number of aromatic nitrogens is 3. The molecule has 0 radical (unpaired) electrons. The zero-order valence-corrected chi connectivity index (χ0v) is 10.2. The Balaban J connectivity index is 2.10. The van der Waals surface area contributed by atoms with E-state index < -0.39 is 37.0 Å². The second kappa shape index (κ2) is 4.63. The molecule has 3 rings (SSSR count). The zero-order chi connectivity index (χ0) is 14.4. The molecule has 4 atom stereocenters. The van der Waals surface area contributed by atoms with Crippen LogP contribution < -0.4 is 5.73 Å². The number of aliphatic hydroxyl groups is 3. The van der Waals surface area contributed by atoms with Crippen molar-refractivity contribution in [1.29, 1.82) is 0 Å². The minimum Gasteiger partial charge on any atom is -0.394 e. The van der Waals surface area contributed by atoms with Gasteiger partial charge >= 0.3 is 0 Å². The maximum atomic E-state index is 13.9. The molecule has 0 unspecified atom stereocenters. The molecule has 1 aliphatic heterocycles. The Kier molecular flexibility index (Phi) is 3.05. The number of anilines is 1. The van der Waals surface area contributed by atoms with E-state index in [1.54, 1.807) is 0 Å². The van der Waals surface area contributed by atoms with Gasteiger partial charge in [-0.05, 0) is 0 Å². The highest BCUT2D eigenvalue weighted by molar-refractivity contribution is 5.86. The first-order valence-electron chi connectivity index (χ1n) is 5.93. The highest BCUT2D eigenvalue weighted by Crippen LogP contribution is 2.33. The Morgan fingerprint density at radius 3 is 2.75 bits per heavy atom. The van der Waals surface area contributed by atoms with Crippen LogP contribution in [-0.4, -0.2) is 54.8 Å². The maximum absolute atomic E-state index is 13.9. The van der Waals surface area contributed by atoms with E-state index in [1.165, 1.54) is 4.57 Å². The van der Waals surface area contributed by atoms with E-state index in [2.05, 4.69) is 9.97 Å². The van der Waals surface area contributed by atoms with E-state index in [-0.39, 0.29) is 16.9 Å². The fourth-order valence-corrected chi connectivity index (χ4v) is 2.37. The Hall–Kier alpha value is -1.81. The molecule has 1 aliphatic rings. The van der Waals surface area contributed by atoms with Gasteiger partial charge in [0.2, 0.25) is 0 Å². The van der Waals surface area contributed by atoms with Gasteiger partial charge < -0.3 is 30.4 Å². The first-order chi connectivity index (χ1) is 9.54. The first-order valence-corrected chi connectivity index (χ1v) is 5.93. The van der Waals surface area contributed by atoms with Crippen molar-refractivity contribution in [3.8, 4) is 0 Å². The van der Waals surface area contributed by atoms with Crippen LogP contribution in [0.15, 0.2) is 12.5 Å². The molecule has 1 saturated heterocycles. The van der Waals surface area contributed by atoms with E-state index in [0.717, 1.165) is 12.5 Å². The number of hydrogen-bond donors (Lipinski definition) is 4. The molecule has 8 nitrogen and oxygen atoms in total. The number of ether oxygens (including phenoxy) is 1. The van der Waals surface area contributed by atoms with Gasteiger partial charge in [0, 0.05) is 6.20 Å². The van der Waals surface area contributed by atoms with Gasteiger partial charge in [0.1, 0.15) is 30.5 Å². The van der Waals surface area contributed by atoms with Crippen LogP contribution in [0.3, 0.4) is 0 Å². The summed E-state index contributed by atoms with van der Waals surface area (Å²) in [6.45, 7) is -0.465. The lowest BCUT2D eigenvalue weighted by atomic mass is 10.1. The lowest BCUT2D eigenvalue weighted by Crippen LogP contribution is -2.33. The van der Waals surface area contributed by atoms with Crippen LogP contribution in [0.4, 0.5) is 10.2 Å². The Bertz CT molecular complexity index is 649. The number of halogens is 1. The molecule has 0 bridgehead atoms. The summed E-state index contributed by atoms with van der Waals surface area (Å²) in [5.74, 6) is -0.686. The molecule has 3 heterocycles. The molecule has 20 heavy (non-hydrogen) atoms. The Morgan fingerprint density at radius 1 is 1.35 bits per heavy atom. The number of hydrogen-bond acceptors (Lipinski definition) is 7. The smallest absolute Gasteiger partial charge is 0.164 e. The number of aliphatic hydroxyl groups excluding tert-OH is 3. The quantitative estimate of drug-likeness (QED) is 0.543. The molecule has 0 amide bonds. The van der Waals surface area contributed by atoms with Gasteiger partial charge in [-0.3, -0.25) is 0 Å². The van der Waals surface area contributed by atoms with Gasteiger partial charge in [-0.15, -0.1) is 0 Å². The lowest BCUT2D eigenvalue weighted by Gasteiger charge is -2.16. The molecule has 108 valence electrons. The molecule has 1 fully saturated rings. The van der Waals surface area contributed by atoms with Crippen molar-refractivity contribution in [3.05, 3.63) is 18.3 Å². The number of rotatable bonds is 2. The summed E-state index contributed by atoms with van der Waals surface area (Å²) in [5.41, 5.74) is 5.73. The van der Waals surface area contributed by atoms with Crippen LogP contribution in [0.25, 0.3) is 11.0 Å². The molecule has 0 spiro atoms. The predicted molar refractivity (Wildman–Crippen MR) is 64.9 cm³/mol. The molecule has 2 aromatic rings. The van der Waals surface area contributed by atoms with Gasteiger partial charge in [-0.1, -0.05) is 0 Å². The summed E-state index contributed by atoms with van der Waals surface area (Å²) < 4.78 is 20.5. The van der Waals surface area contributed by atoms with Crippen LogP contribution >= 0.6 is 0 Å². The fourth-order valence-electron chi connectivity index (χ4n) is 2.37. The van der Waals surface area contributed by atoms with Crippen molar-refractivity contribution in [3.63, 3.8) is 0 Å². The molecule has 5 N–H and O–H groups in total. The van der Waals surface area contributed by atoms with Gasteiger partial charge in [-0.2, -0.15) is 0 Å². The molecule has 0 aliphatic carbocycles. The lowest BCUT2D eigenvalue weighted by molar-refractivity contribution is -0.0510. The topological polar surface area (TPSA) is 127 Å². The molecular formula is C11H13FN4O4. The van der Waals surface area contributed by atoms with Gasteiger partial charge in [0.15, 0.2) is 17.7 Å². The average Bonchev–Trinajstić information content (AvgIpc) is 2.90. The van der Waals surface area contributed by atoms with Gasteiger partial charge in [0.05, 0.1) is 12.0 Å². The van der Waals surface area contributed by atoms with E-state index in [0.29, 0.717) is 0 Å². The summed E-state index contributed by atoms with van der Waals surface area (Å²) in [7, 11) is 0. The SMILES string of the molecule is Nc1ncnc2c1c(F)cn2[C@@H]1O[C@H](CO)[C@H](O)[C@H]1O. The summed E-state index contributed by atoms with van der Waals surface area (Å²) >= 11 is 0. The third kappa shape index (κ3) is 1.75. The molecule has 0 aromatic carbocycles. The maximum Gasteiger partial charge on any atom is 0.164 e. The van der Waals surface area contributed by atoms with E-state index >= 15 is 0 Å². The standard InChI is InChI=1S/C11H13FN4O4/c12-4-1-16(10-6(4)9(13)14-3-15-10)11-8(19)7(18)5(2-17)20-11/h1,3,5,7-8,11,17-19H,2H2,(H2,13,14,15)/t5-,7+,8-,11-/m1/s1. The van der Waals surface area contributed by atoms with Crippen molar-refractivity contribution in [1.82, 2.24) is 14.5 Å². The van der Waals surface area contributed by atoms with E-state index in [1.807, 2.05) is 0 Å². The van der Waals surface area contributed by atoms with E-state index in [9.17, 15) is 14.6 Å². The predicted octanol–water partition coefficient (Wildman–Crippen LogP) is -1.24. The van der Waals surface area contributed by atoms with Crippen LogP contribution in [0.2, 0.25) is 0 Å². The van der Waals surface area contributed by atoms with Crippen molar-refractivity contribution in [2.75, 3.05) is 12.3 Å². The largest absolute Gasteiger partial charge is 0.394 e. The number of nitrogens with two attached hydrogens (primary N) is 1. The first kappa shape index (κ1) is 13.2. The highest BCUT2D eigenvalue weighted by atomic mass is 19.1. The Labute approximate surface area is 112 Å². The molecule has 9 heteroatoms. The van der Waals surface area contributed by atoms with Crippen molar-refractivity contribution in [2.24, 2.45) is 0 Å². The van der Waals surface area contributed by atoms with Crippen LogP contribution in [0.5, 0.6) is 0 Å². The summed E-state index contributed by atoms with van der Waals surface area (Å²) in [5, 5.41) is 28.7. The fraction of sp³-hybridized carbons (Fsp3) is 0.455. The Morgan fingerprint density at radius 2 is 2.10 bits per heavy atom. The number of nitrogens with zero attached hydrogens (tertiary/aromatic N) is 3. The van der Waals surface area contributed by atoms with Crippen molar-refractivity contribution < 1.29 is 24.4 Å². The van der Waals surface area contributed by atoms with Gasteiger partial charge in [-0.25, -0.2) is 14.4 Å². The summed E-state index contributed by atoms with van der Waals surface area (Å²) in [6.07, 6.45) is -2.38. The second-order valence-electron chi connectivity index (χ2n) is 4.57. The minimum atomic E-state index is -1.32.